The fourth-order valence-electron chi connectivity index (χ4n) is 4.24. The van der Waals surface area contributed by atoms with Gasteiger partial charge in [-0.3, -0.25) is 4.18 Å². The summed E-state index contributed by atoms with van der Waals surface area (Å²) in [5.41, 5.74) is 1.88. The van der Waals surface area contributed by atoms with Crippen LogP contribution in [0.25, 0.3) is 0 Å². The predicted octanol–water partition coefficient (Wildman–Crippen LogP) is 3.04. The highest BCUT2D eigenvalue weighted by Crippen LogP contribution is 2.31. The van der Waals surface area contributed by atoms with Gasteiger partial charge in [0.05, 0.1) is 41.3 Å². The average molecular weight is 510 g/mol. The lowest BCUT2D eigenvalue weighted by molar-refractivity contribution is -0.0583. The van der Waals surface area contributed by atoms with Crippen molar-refractivity contribution in [1.29, 1.82) is 0 Å². The molecule has 2 aromatic rings. The van der Waals surface area contributed by atoms with Crippen molar-refractivity contribution in [2.24, 2.45) is 0 Å². The van der Waals surface area contributed by atoms with Gasteiger partial charge in [-0.25, -0.2) is 8.42 Å². The predicted molar refractivity (Wildman–Crippen MR) is 127 cm³/mol. The maximum Gasteiger partial charge on any atom is 0.297 e. The van der Waals surface area contributed by atoms with E-state index in [1.54, 1.807) is 36.4 Å². The molecule has 0 aliphatic carbocycles. The van der Waals surface area contributed by atoms with Crippen LogP contribution in [0.1, 0.15) is 30.4 Å². The third kappa shape index (κ3) is 5.87. The number of aryl methyl sites for hydroxylation is 2. The summed E-state index contributed by atoms with van der Waals surface area (Å²) >= 11 is 0. The lowest BCUT2D eigenvalue weighted by atomic mass is 10.1. The molecule has 0 amide bonds. The molecule has 0 radical (unpaired) electrons. The maximum atomic E-state index is 13.5. The second-order valence-corrected chi connectivity index (χ2v) is 12.4. The smallest absolute Gasteiger partial charge is 0.297 e. The molecule has 0 N–H and O–H groups in total. The lowest BCUT2D eigenvalue weighted by Gasteiger charge is -2.27. The van der Waals surface area contributed by atoms with Gasteiger partial charge < -0.3 is 9.47 Å². The van der Waals surface area contributed by atoms with E-state index in [1.165, 1.54) is 16.4 Å². The zero-order valence-electron chi connectivity index (χ0n) is 19.4. The van der Waals surface area contributed by atoms with E-state index in [4.69, 9.17) is 13.7 Å². The van der Waals surface area contributed by atoms with Crippen molar-refractivity contribution in [3.05, 3.63) is 59.7 Å². The van der Waals surface area contributed by atoms with Gasteiger partial charge in [-0.15, -0.1) is 0 Å². The molecule has 0 bridgehead atoms. The van der Waals surface area contributed by atoms with Crippen molar-refractivity contribution in [3.8, 4) is 0 Å². The summed E-state index contributed by atoms with van der Waals surface area (Å²) in [6.07, 6.45) is 1.03. The van der Waals surface area contributed by atoms with Gasteiger partial charge in [-0.2, -0.15) is 12.7 Å². The Morgan fingerprint density at radius 3 is 2.12 bits per heavy atom. The molecule has 0 saturated carbocycles. The third-order valence-electron chi connectivity index (χ3n) is 6.17. The second-order valence-electron chi connectivity index (χ2n) is 8.94. The Bertz CT molecular complexity index is 1170. The highest BCUT2D eigenvalue weighted by molar-refractivity contribution is 7.89. The normalized spacial score (nSPS) is 24.4. The van der Waals surface area contributed by atoms with Gasteiger partial charge in [-0.05, 0) is 57.4 Å². The number of ether oxygens (including phenoxy) is 2. The molecule has 8 nitrogen and oxygen atoms in total. The molecular weight excluding hydrogens is 478 g/mol. The van der Waals surface area contributed by atoms with Gasteiger partial charge in [0.15, 0.2) is 0 Å². The molecule has 2 saturated heterocycles. The molecule has 10 heteroatoms. The van der Waals surface area contributed by atoms with Crippen LogP contribution >= 0.6 is 0 Å². The molecule has 34 heavy (non-hydrogen) atoms. The minimum absolute atomic E-state index is 0.0464. The second kappa shape index (κ2) is 10.4. The Hall–Kier alpha value is -1.82. The molecule has 3 unspecified atom stereocenters. The molecule has 186 valence electrons. The van der Waals surface area contributed by atoms with E-state index >= 15 is 0 Å². The molecule has 3 atom stereocenters. The van der Waals surface area contributed by atoms with E-state index < -0.39 is 32.3 Å². The van der Waals surface area contributed by atoms with Crippen molar-refractivity contribution in [3.63, 3.8) is 0 Å². The number of hydrogen-bond donors (Lipinski definition) is 0. The fourth-order valence-corrected chi connectivity index (χ4v) is 6.97. The van der Waals surface area contributed by atoms with Gasteiger partial charge in [0.2, 0.25) is 10.0 Å². The lowest BCUT2D eigenvalue weighted by Crippen LogP contribution is -2.40. The summed E-state index contributed by atoms with van der Waals surface area (Å²) in [7, 11) is -7.91. The average Bonchev–Trinajstić information content (AvgIpc) is 3.22. The molecule has 2 aliphatic rings. The summed E-state index contributed by atoms with van der Waals surface area (Å²) < 4.78 is 70.9. The van der Waals surface area contributed by atoms with Crippen LogP contribution in [0.5, 0.6) is 0 Å². The molecule has 2 fully saturated rings. The van der Waals surface area contributed by atoms with Crippen molar-refractivity contribution < 1.29 is 30.5 Å². The topological polar surface area (TPSA) is 99.2 Å². The van der Waals surface area contributed by atoms with Crippen molar-refractivity contribution in [2.75, 3.05) is 26.4 Å². The highest BCUT2D eigenvalue weighted by Gasteiger charge is 2.43. The number of nitrogens with zero attached hydrogens (tertiary/aromatic N) is 1. The quantitative estimate of drug-likeness (QED) is 0.505. The van der Waals surface area contributed by atoms with Crippen LogP contribution < -0.4 is 0 Å². The van der Waals surface area contributed by atoms with Crippen LogP contribution in [0.4, 0.5) is 0 Å². The first kappa shape index (κ1) is 25.3. The molecule has 2 heterocycles. The number of hydrogen-bond acceptors (Lipinski definition) is 7. The SMILES string of the molecule is Cc1ccc(S(=O)(=O)OC2CC(COC3CCCOC3)N(S(=O)(=O)c3ccc(C)cc3)C2)cc1. The van der Waals surface area contributed by atoms with Gasteiger partial charge in [0.25, 0.3) is 10.1 Å². The van der Waals surface area contributed by atoms with Crippen LogP contribution in [0.2, 0.25) is 0 Å². The Morgan fingerprint density at radius 2 is 1.53 bits per heavy atom. The number of benzene rings is 2. The molecule has 2 aliphatic heterocycles. The van der Waals surface area contributed by atoms with Crippen molar-refractivity contribution in [2.45, 2.75) is 61.2 Å². The van der Waals surface area contributed by atoms with Crippen LogP contribution in [-0.4, -0.2) is 65.8 Å². The minimum Gasteiger partial charge on any atom is -0.379 e. The van der Waals surface area contributed by atoms with Crippen LogP contribution in [0.15, 0.2) is 58.3 Å². The first-order valence-corrected chi connectivity index (χ1v) is 14.3. The summed E-state index contributed by atoms with van der Waals surface area (Å²) in [6, 6.07) is 12.4. The van der Waals surface area contributed by atoms with E-state index in [-0.39, 0.29) is 35.5 Å². The zero-order valence-corrected chi connectivity index (χ0v) is 21.1. The number of sulfonamides is 1. The summed E-state index contributed by atoms with van der Waals surface area (Å²) in [6.45, 7) is 4.99. The molecule has 0 aromatic heterocycles. The van der Waals surface area contributed by atoms with Gasteiger partial charge >= 0.3 is 0 Å². The van der Waals surface area contributed by atoms with Crippen LogP contribution in [-0.2, 0) is 33.8 Å². The van der Waals surface area contributed by atoms with Crippen molar-refractivity contribution >= 4 is 20.1 Å². The Morgan fingerprint density at radius 1 is 0.912 bits per heavy atom. The van der Waals surface area contributed by atoms with Gasteiger partial charge in [-0.1, -0.05) is 35.4 Å². The van der Waals surface area contributed by atoms with Crippen LogP contribution in [0, 0.1) is 13.8 Å². The molecular formula is C24H31NO7S2. The monoisotopic (exact) mass is 509 g/mol. The Labute approximate surface area is 202 Å². The summed E-state index contributed by atoms with van der Waals surface area (Å²) in [5.74, 6) is 0. The van der Waals surface area contributed by atoms with E-state index in [0.717, 1.165) is 24.0 Å². The molecule has 0 spiro atoms. The van der Waals surface area contributed by atoms with E-state index in [2.05, 4.69) is 0 Å². The maximum absolute atomic E-state index is 13.5. The van der Waals surface area contributed by atoms with E-state index in [9.17, 15) is 16.8 Å². The first-order valence-electron chi connectivity index (χ1n) is 11.4. The number of rotatable bonds is 8. The standard InChI is InChI=1S/C24H31NO7S2/c1-18-5-9-23(10-6-18)33(26,27)25-15-22(14-20(25)16-31-21-4-3-13-30-17-21)32-34(28,29)24-11-7-19(2)8-12-24/h5-12,20-22H,3-4,13-17H2,1-2H3. The largest absolute Gasteiger partial charge is 0.379 e. The third-order valence-corrected chi connectivity index (χ3v) is 9.48. The fraction of sp³-hybridized carbons (Fsp3) is 0.500. The summed E-state index contributed by atoms with van der Waals surface area (Å²) in [4.78, 5) is 0.205. The van der Waals surface area contributed by atoms with E-state index in [1.807, 2.05) is 13.8 Å². The van der Waals surface area contributed by atoms with E-state index in [0.29, 0.717) is 13.2 Å². The molecule has 4 rings (SSSR count). The van der Waals surface area contributed by atoms with Gasteiger partial charge in [0.1, 0.15) is 0 Å². The Balaban J connectivity index is 1.54. The zero-order chi connectivity index (χ0) is 24.3. The Kier molecular flexibility index (Phi) is 7.75. The van der Waals surface area contributed by atoms with Crippen molar-refractivity contribution in [1.82, 2.24) is 4.31 Å². The van der Waals surface area contributed by atoms with Crippen LogP contribution in [0.3, 0.4) is 0 Å². The molecule has 2 aromatic carbocycles. The highest BCUT2D eigenvalue weighted by atomic mass is 32.2. The minimum atomic E-state index is -4.04. The van der Waals surface area contributed by atoms with Gasteiger partial charge in [0, 0.05) is 13.2 Å². The first-order chi connectivity index (χ1) is 16.1. The summed E-state index contributed by atoms with van der Waals surface area (Å²) in [5, 5.41) is 0.